The maximum absolute atomic E-state index is 13.1. The summed E-state index contributed by atoms with van der Waals surface area (Å²) in [5, 5.41) is 2.23. The zero-order chi connectivity index (χ0) is 28.9. The molecule has 0 bridgehead atoms. The summed E-state index contributed by atoms with van der Waals surface area (Å²) in [6, 6.07) is 14.1. The van der Waals surface area contributed by atoms with E-state index in [0.29, 0.717) is 40.6 Å². The van der Waals surface area contributed by atoms with Gasteiger partial charge in [0, 0.05) is 6.42 Å². The molecule has 4 unspecified atom stereocenters. The van der Waals surface area contributed by atoms with E-state index in [2.05, 4.69) is 78.0 Å². The third-order valence-corrected chi connectivity index (χ3v) is 12.3. The van der Waals surface area contributed by atoms with Crippen LogP contribution in [0.5, 0.6) is 0 Å². The van der Waals surface area contributed by atoms with Crippen molar-refractivity contribution in [2.75, 3.05) is 0 Å². The van der Waals surface area contributed by atoms with Crippen LogP contribution in [0.1, 0.15) is 96.8 Å². The lowest BCUT2D eigenvalue weighted by Crippen LogP contribution is -2.46. The Balaban J connectivity index is 1.16. The number of carbonyl (C=O) groups excluding carboxylic acids is 1. The number of benzene rings is 2. The van der Waals surface area contributed by atoms with Crippen molar-refractivity contribution < 1.29 is 9.53 Å². The van der Waals surface area contributed by atoms with Crippen LogP contribution in [0.2, 0.25) is 0 Å². The molecule has 0 spiro atoms. The van der Waals surface area contributed by atoms with Crippen LogP contribution in [0.3, 0.4) is 0 Å². The maximum atomic E-state index is 13.1. The van der Waals surface area contributed by atoms with Gasteiger partial charge in [-0.3, -0.25) is 0 Å². The first-order valence-corrected chi connectivity index (χ1v) is 16.4. The second-order valence-corrected chi connectivity index (χ2v) is 14.8. The first kappa shape index (κ1) is 28.5. The fourth-order valence-corrected chi connectivity index (χ4v) is 9.22. The first-order chi connectivity index (χ1) is 19.6. The Bertz CT molecular complexity index is 1390. The summed E-state index contributed by atoms with van der Waals surface area (Å²) in [5.74, 6) is 3.92. The lowest BCUT2D eigenvalue weighted by Gasteiger charge is -2.55. The Hall–Kier alpha value is -2.61. The molecule has 2 heteroatoms. The van der Waals surface area contributed by atoms with Gasteiger partial charge in [-0.2, -0.15) is 0 Å². The monoisotopic (exact) mass is 550 g/mol. The first-order valence-electron chi connectivity index (χ1n) is 16.4. The van der Waals surface area contributed by atoms with Gasteiger partial charge in [-0.05, 0) is 108 Å². The van der Waals surface area contributed by atoms with Crippen LogP contribution in [0.25, 0.3) is 10.8 Å². The highest BCUT2D eigenvalue weighted by atomic mass is 16.5. The number of allylic oxidation sites excluding steroid dienone is 5. The van der Waals surface area contributed by atoms with Crippen LogP contribution in [-0.2, 0) is 4.74 Å². The third-order valence-electron chi connectivity index (χ3n) is 12.3. The van der Waals surface area contributed by atoms with Gasteiger partial charge in [0.1, 0.15) is 6.10 Å². The third kappa shape index (κ3) is 5.04. The summed E-state index contributed by atoms with van der Waals surface area (Å²) in [6.07, 6.45) is 18.2. The molecular formula is C39H50O2. The summed E-state index contributed by atoms with van der Waals surface area (Å²) < 4.78 is 6.13. The number of ether oxygens (including phenoxy) is 1. The van der Waals surface area contributed by atoms with Gasteiger partial charge in [0.15, 0.2) is 0 Å². The predicted octanol–water partition coefficient (Wildman–Crippen LogP) is 10.3. The second kappa shape index (κ2) is 10.9. The lowest BCUT2D eigenvalue weighted by atomic mass is 9.50. The Morgan fingerprint density at radius 3 is 2.44 bits per heavy atom. The fourth-order valence-electron chi connectivity index (χ4n) is 9.22. The minimum atomic E-state index is -0.187. The van der Waals surface area contributed by atoms with Gasteiger partial charge < -0.3 is 4.74 Å². The van der Waals surface area contributed by atoms with Crippen molar-refractivity contribution in [1.29, 1.82) is 0 Å². The van der Waals surface area contributed by atoms with Crippen molar-refractivity contribution in [3.05, 3.63) is 83.5 Å². The van der Waals surface area contributed by atoms with Crippen molar-refractivity contribution in [2.45, 2.75) is 92.6 Å². The van der Waals surface area contributed by atoms with E-state index >= 15 is 0 Å². The highest BCUT2D eigenvalue weighted by Gasteiger charge is 2.57. The van der Waals surface area contributed by atoms with E-state index in [4.69, 9.17) is 4.74 Å². The summed E-state index contributed by atoms with van der Waals surface area (Å²) in [5.41, 5.74) is 4.51. The predicted molar refractivity (Wildman–Crippen MR) is 171 cm³/mol. The molecule has 218 valence electrons. The van der Waals surface area contributed by atoms with Crippen LogP contribution in [0.15, 0.2) is 77.9 Å². The Morgan fingerprint density at radius 2 is 1.66 bits per heavy atom. The number of rotatable bonds is 6. The Labute approximate surface area is 248 Å². The molecule has 4 aliphatic carbocycles. The minimum Gasteiger partial charge on any atom is -0.458 e. The van der Waals surface area contributed by atoms with Gasteiger partial charge in [0.2, 0.25) is 0 Å². The van der Waals surface area contributed by atoms with Crippen LogP contribution in [-0.4, -0.2) is 12.1 Å². The molecule has 41 heavy (non-hydrogen) atoms. The van der Waals surface area contributed by atoms with Gasteiger partial charge in [-0.1, -0.05) is 107 Å². The summed E-state index contributed by atoms with van der Waals surface area (Å²) in [7, 11) is 0. The molecule has 2 aromatic carbocycles. The maximum Gasteiger partial charge on any atom is 0.338 e. The molecule has 0 heterocycles. The van der Waals surface area contributed by atoms with Crippen LogP contribution in [0.4, 0.5) is 0 Å². The van der Waals surface area contributed by atoms with E-state index < -0.39 is 0 Å². The van der Waals surface area contributed by atoms with Crippen LogP contribution in [0, 0.1) is 46.3 Å². The molecule has 0 aliphatic heterocycles. The Morgan fingerprint density at radius 1 is 0.878 bits per heavy atom. The number of fused-ring (bicyclic) bond motifs is 6. The zero-order valence-electron chi connectivity index (χ0n) is 26.2. The molecule has 0 aromatic heterocycles. The molecule has 0 N–H and O–H groups in total. The number of carbonyl (C=O) groups is 1. The summed E-state index contributed by atoms with van der Waals surface area (Å²) in [6.45, 7) is 14.6. The average molecular weight is 551 g/mol. The van der Waals surface area contributed by atoms with Crippen LogP contribution < -0.4 is 0 Å². The molecular weight excluding hydrogens is 500 g/mol. The van der Waals surface area contributed by atoms with Crippen molar-refractivity contribution in [2.24, 2.45) is 46.3 Å². The highest BCUT2D eigenvalue weighted by molar-refractivity contribution is 5.95. The second-order valence-electron chi connectivity index (χ2n) is 14.8. The molecule has 6 rings (SSSR count). The number of hydrogen-bond donors (Lipinski definition) is 0. The van der Waals surface area contributed by atoms with Gasteiger partial charge >= 0.3 is 5.97 Å². The van der Waals surface area contributed by atoms with Gasteiger partial charge in [-0.25, -0.2) is 4.79 Å². The van der Waals surface area contributed by atoms with Crippen molar-refractivity contribution in [3.8, 4) is 0 Å². The van der Waals surface area contributed by atoms with Crippen LogP contribution >= 0.6 is 0 Å². The lowest BCUT2D eigenvalue weighted by molar-refractivity contribution is 0.00693. The molecule has 0 radical (unpaired) electrons. The topological polar surface area (TPSA) is 26.3 Å². The molecule has 2 nitrogen and oxygen atoms in total. The van der Waals surface area contributed by atoms with Gasteiger partial charge in [-0.15, -0.1) is 0 Å². The highest BCUT2D eigenvalue weighted by Crippen LogP contribution is 2.66. The SMILES string of the molecule is CC(C)C(C)/C=C/[C@@H](C)C1CCC2C3=CC=C4C[C@@H](OC(=O)c5ccc6ccccc6c5)CC[C@]4(C)C3CC[C@@]21C. The largest absolute Gasteiger partial charge is 0.458 e. The van der Waals surface area contributed by atoms with Crippen molar-refractivity contribution in [1.82, 2.24) is 0 Å². The van der Waals surface area contributed by atoms with Gasteiger partial charge in [0.25, 0.3) is 0 Å². The van der Waals surface area contributed by atoms with E-state index in [1.54, 1.807) is 5.57 Å². The molecule has 3 fully saturated rings. The van der Waals surface area contributed by atoms with E-state index in [0.717, 1.165) is 36.0 Å². The summed E-state index contributed by atoms with van der Waals surface area (Å²) in [4.78, 5) is 13.1. The molecule has 8 atom stereocenters. The Kier molecular flexibility index (Phi) is 7.58. The van der Waals surface area contributed by atoms with E-state index in [1.807, 2.05) is 30.3 Å². The van der Waals surface area contributed by atoms with Crippen molar-refractivity contribution >= 4 is 16.7 Å². The van der Waals surface area contributed by atoms with E-state index in [1.165, 1.54) is 31.3 Å². The fraction of sp³-hybridized carbons (Fsp3) is 0.564. The standard InChI is InChI=1S/C39H50O2/c1-25(2)26(3)11-12-27(4)34-17-18-35-33-16-15-31-24-32(19-21-38(31,5)36(33)20-22-39(34,35)6)41-37(40)30-14-13-28-9-7-8-10-29(28)23-30/h7-16,23,25-27,32,34-36H,17-22,24H2,1-6H3/b12-11+/t26?,27-,32+,34?,35?,36?,38+,39-/m1/s1. The van der Waals surface area contributed by atoms with E-state index in [-0.39, 0.29) is 17.5 Å². The van der Waals surface area contributed by atoms with Gasteiger partial charge in [0.05, 0.1) is 5.56 Å². The smallest absolute Gasteiger partial charge is 0.338 e. The zero-order valence-corrected chi connectivity index (χ0v) is 26.2. The average Bonchev–Trinajstić information content (AvgIpc) is 3.32. The molecule has 0 amide bonds. The van der Waals surface area contributed by atoms with Crippen molar-refractivity contribution in [3.63, 3.8) is 0 Å². The molecule has 3 saturated carbocycles. The normalized spacial score (nSPS) is 34.4. The number of hydrogen-bond acceptors (Lipinski definition) is 2. The van der Waals surface area contributed by atoms with E-state index in [9.17, 15) is 4.79 Å². The minimum absolute atomic E-state index is 0.0335. The molecule has 2 aromatic rings. The number of esters is 1. The molecule has 4 aliphatic rings. The molecule has 0 saturated heterocycles. The quantitative estimate of drug-likeness (QED) is 0.264. The summed E-state index contributed by atoms with van der Waals surface area (Å²) >= 11 is 0.